The summed E-state index contributed by atoms with van der Waals surface area (Å²) in [7, 11) is 3.75. The Morgan fingerprint density at radius 2 is 2.22 bits per heavy atom. The van der Waals surface area contributed by atoms with Gasteiger partial charge in [0.25, 0.3) is 0 Å². The van der Waals surface area contributed by atoms with E-state index in [0.29, 0.717) is 6.61 Å². The number of rotatable bonds is 0. The highest BCUT2D eigenvalue weighted by Crippen LogP contribution is 2.11. The average Bonchev–Trinajstić information content (AvgIpc) is 2.20. The number of carbonyl (C=O) groups is 1. The van der Waals surface area contributed by atoms with Crippen LogP contribution in [0.2, 0.25) is 0 Å². The lowest BCUT2D eigenvalue weighted by Crippen LogP contribution is -1.89. The second kappa shape index (κ2) is 5.91. The molecule has 1 aliphatic rings. The number of nitrogens with one attached hydrogen (secondary N) is 1. The van der Waals surface area contributed by atoms with Gasteiger partial charge in [0.2, 0.25) is 0 Å². The largest absolute Gasteiger partial charge is 0.457 e. The highest BCUT2D eigenvalue weighted by molar-refractivity contribution is 8.13. The third-order valence-corrected chi connectivity index (χ3v) is 1.25. The van der Waals surface area contributed by atoms with Gasteiger partial charge in [-0.25, -0.2) is 4.79 Å². The van der Waals surface area contributed by atoms with Crippen LogP contribution in [0.15, 0.2) is 0 Å². The molecule has 0 saturated carbocycles. The first-order chi connectivity index (χ1) is 4.31. The molecule has 3 nitrogen and oxygen atoms in total. The highest BCUT2D eigenvalue weighted by Gasteiger charge is 2.09. The summed E-state index contributed by atoms with van der Waals surface area (Å²) in [5.74, 6) is 0.832. The Morgan fingerprint density at radius 1 is 1.67 bits per heavy atom. The van der Waals surface area contributed by atoms with Crippen LogP contribution in [0, 0.1) is 0 Å². The first kappa shape index (κ1) is 8.78. The zero-order chi connectivity index (χ0) is 7.11. The van der Waals surface area contributed by atoms with Crippen LogP contribution < -0.4 is 5.32 Å². The van der Waals surface area contributed by atoms with Gasteiger partial charge in [-0.2, -0.15) is 0 Å². The first-order valence-electron chi connectivity index (χ1n) is 2.69. The van der Waals surface area contributed by atoms with Crippen molar-refractivity contribution in [2.75, 3.05) is 26.5 Å². The predicted molar refractivity (Wildman–Crippen MR) is 38.8 cm³/mol. The molecule has 0 atom stereocenters. The minimum Gasteiger partial charge on any atom is -0.457 e. The summed E-state index contributed by atoms with van der Waals surface area (Å²) in [6.07, 6.45) is 0. The Hall–Kier alpha value is -0.220. The molecule has 0 radical (unpaired) electrons. The van der Waals surface area contributed by atoms with Crippen molar-refractivity contribution >= 4 is 17.1 Å². The Kier molecular flexibility index (Phi) is 5.76. The molecule has 1 heterocycles. The second-order valence-electron chi connectivity index (χ2n) is 1.45. The maximum Gasteiger partial charge on any atom is 0.367 e. The molecule has 9 heavy (non-hydrogen) atoms. The lowest BCUT2D eigenvalue weighted by Gasteiger charge is -1.79. The number of thioether (sulfide) groups is 1. The average molecular weight is 149 g/mol. The van der Waals surface area contributed by atoms with E-state index in [4.69, 9.17) is 0 Å². The molecule has 1 fully saturated rings. The van der Waals surface area contributed by atoms with Crippen LogP contribution in [0.4, 0.5) is 4.79 Å². The normalized spacial score (nSPS) is 16.0. The zero-order valence-electron chi connectivity index (χ0n) is 5.64. The molecule has 0 bridgehead atoms. The molecule has 0 unspecified atom stereocenters. The van der Waals surface area contributed by atoms with E-state index < -0.39 is 0 Å². The van der Waals surface area contributed by atoms with Crippen molar-refractivity contribution in [2.45, 2.75) is 0 Å². The van der Waals surface area contributed by atoms with E-state index in [0.717, 1.165) is 5.75 Å². The van der Waals surface area contributed by atoms with Gasteiger partial charge in [0.05, 0.1) is 0 Å². The quantitative estimate of drug-likeness (QED) is 0.515. The zero-order valence-corrected chi connectivity index (χ0v) is 6.46. The molecule has 0 spiro atoms. The highest BCUT2D eigenvalue weighted by atomic mass is 32.2. The van der Waals surface area contributed by atoms with Crippen molar-refractivity contribution in [1.82, 2.24) is 5.32 Å². The molecular weight excluding hydrogens is 138 g/mol. The summed E-state index contributed by atoms with van der Waals surface area (Å²) in [4.78, 5) is 9.98. The molecule has 4 heteroatoms. The van der Waals surface area contributed by atoms with E-state index in [2.05, 4.69) is 10.1 Å². The fourth-order valence-corrected chi connectivity index (χ4v) is 0.792. The molecule has 0 aromatic rings. The van der Waals surface area contributed by atoms with Crippen molar-refractivity contribution in [2.24, 2.45) is 0 Å². The molecular formula is C5H11NO2S. The maximum atomic E-state index is 9.98. The number of carbonyl (C=O) groups excluding carboxylic acids is 1. The SMILES string of the molecule is CNC.O=C1OCCS1. The summed E-state index contributed by atoms with van der Waals surface area (Å²) >= 11 is 1.24. The van der Waals surface area contributed by atoms with Crippen LogP contribution in [-0.2, 0) is 4.74 Å². The van der Waals surface area contributed by atoms with Crippen LogP contribution in [0.1, 0.15) is 0 Å². The van der Waals surface area contributed by atoms with Crippen LogP contribution in [0.3, 0.4) is 0 Å². The summed E-state index contributed by atoms with van der Waals surface area (Å²) in [6, 6.07) is 0. The van der Waals surface area contributed by atoms with Gasteiger partial charge in [0.15, 0.2) is 0 Å². The Labute approximate surface area is 59.1 Å². The molecule has 0 amide bonds. The van der Waals surface area contributed by atoms with Crippen molar-refractivity contribution in [3.63, 3.8) is 0 Å². The van der Waals surface area contributed by atoms with Gasteiger partial charge in [-0.1, -0.05) is 0 Å². The molecule has 1 saturated heterocycles. The molecule has 1 N–H and O–H groups in total. The smallest absolute Gasteiger partial charge is 0.367 e. The van der Waals surface area contributed by atoms with Gasteiger partial charge in [0, 0.05) is 5.75 Å². The van der Waals surface area contributed by atoms with Crippen molar-refractivity contribution in [3.8, 4) is 0 Å². The molecule has 54 valence electrons. The van der Waals surface area contributed by atoms with Gasteiger partial charge < -0.3 is 10.1 Å². The predicted octanol–water partition coefficient (Wildman–Crippen LogP) is 0.705. The minimum absolute atomic E-state index is 0.130. The van der Waals surface area contributed by atoms with E-state index in [-0.39, 0.29) is 5.30 Å². The standard InChI is InChI=1S/C3H4O2S.C2H7N/c4-3-5-1-2-6-3;1-3-2/h1-2H2;3H,1-2H3. The van der Waals surface area contributed by atoms with Crippen molar-refractivity contribution in [1.29, 1.82) is 0 Å². The number of cyclic esters (lactones) is 1. The molecule has 1 rings (SSSR count). The van der Waals surface area contributed by atoms with E-state index in [1.807, 2.05) is 14.1 Å². The van der Waals surface area contributed by atoms with Crippen LogP contribution >= 0.6 is 11.8 Å². The van der Waals surface area contributed by atoms with E-state index in [1.54, 1.807) is 0 Å². The van der Waals surface area contributed by atoms with Gasteiger partial charge in [0.1, 0.15) is 6.61 Å². The van der Waals surface area contributed by atoms with Crippen molar-refractivity contribution in [3.05, 3.63) is 0 Å². The third kappa shape index (κ3) is 5.65. The van der Waals surface area contributed by atoms with E-state index >= 15 is 0 Å². The van der Waals surface area contributed by atoms with Crippen LogP contribution in [0.5, 0.6) is 0 Å². The van der Waals surface area contributed by atoms with Crippen LogP contribution in [-0.4, -0.2) is 31.8 Å². The van der Waals surface area contributed by atoms with Gasteiger partial charge in [-0.05, 0) is 25.9 Å². The fraction of sp³-hybridized carbons (Fsp3) is 0.800. The maximum absolute atomic E-state index is 9.98. The number of hydrogen-bond acceptors (Lipinski definition) is 4. The number of hydrogen-bond donors (Lipinski definition) is 1. The Morgan fingerprint density at radius 3 is 2.33 bits per heavy atom. The minimum atomic E-state index is -0.130. The summed E-state index contributed by atoms with van der Waals surface area (Å²) in [6.45, 7) is 0.601. The molecule has 0 aromatic heterocycles. The Bertz CT molecular complexity index is 79.0. The van der Waals surface area contributed by atoms with Crippen molar-refractivity contribution < 1.29 is 9.53 Å². The molecule has 0 aromatic carbocycles. The Balaban J connectivity index is 0.000000187. The fourth-order valence-electron chi connectivity index (χ4n) is 0.292. The second-order valence-corrected chi connectivity index (χ2v) is 2.48. The first-order valence-corrected chi connectivity index (χ1v) is 3.68. The summed E-state index contributed by atoms with van der Waals surface area (Å²) < 4.78 is 4.48. The van der Waals surface area contributed by atoms with Gasteiger partial charge in [-0.15, -0.1) is 0 Å². The topological polar surface area (TPSA) is 38.3 Å². The molecule has 0 aliphatic carbocycles. The van der Waals surface area contributed by atoms with Gasteiger partial charge >= 0.3 is 5.30 Å². The van der Waals surface area contributed by atoms with E-state index in [1.165, 1.54) is 11.8 Å². The lowest BCUT2D eigenvalue weighted by molar-refractivity contribution is 0.188. The van der Waals surface area contributed by atoms with Gasteiger partial charge in [-0.3, -0.25) is 0 Å². The summed E-state index contributed by atoms with van der Waals surface area (Å²) in [5.41, 5.74) is 0. The molecule has 1 aliphatic heterocycles. The van der Waals surface area contributed by atoms with Crippen LogP contribution in [0.25, 0.3) is 0 Å². The monoisotopic (exact) mass is 149 g/mol. The lowest BCUT2D eigenvalue weighted by atomic mass is 10.9. The summed E-state index contributed by atoms with van der Waals surface area (Å²) in [5, 5.41) is 2.62. The third-order valence-electron chi connectivity index (χ3n) is 0.523. The van der Waals surface area contributed by atoms with E-state index in [9.17, 15) is 4.79 Å². The number of ether oxygens (including phenoxy) is 1.